The molecule has 1 atom stereocenters. The first kappa shape index (κ1) is 16.8. The first-order chi connectivity index (χ1) is 12.6. The van der Waals surface area contributed by atoms with Gasteiger partial charge in [0.2, 0.25) is 0 Å². The first-order valence-electron chi connectivity index (χ1n) is 8.67. The minimum absolute atomic E-state index is 0.0268. The van der Waals surface area contributed by atoms with Crippen LogP contribution in [0.15, 0.2) is 54.6 Å². The van der Waals surface area contributed by atoms with Crippen molar-refractivity contribution in [2.24, 2.45) is 5.92 Å². The van der Waals surface area contributed by atoms with E-state index in [4.69, 9.17) is 11.6 Å². The van der Waals surface area contributed by atoms with Crippen molar-refractivity contribution in [2.45, 2.75) is 25.8 Å². The molecule has 0 spiro atoms. The third-order valence-electron chi connectivity index (χ3n) is 4.59. The number of amides is 1. The lowest BCUT2D eigenvalue weighted by molar-refractivity contribution is 0.0925. The van der Waals surface area contributed by atoms with E-state index in [2.05, 4.69) is 15.5 Å². The third kappa shape index (κ3) is 3.48. The van der Waals surface area contributed by atoms with E-state index in [1.54, 1.807) is 6.92 Å². The summed E-state index contributed by atoms with van der Waals surface area (Å²) in [6, 6.07) is 17.2. The average molecular weight is 367 g/mol. The van der Waals surface area contributed by atoms with Crippen molar-refractivity contribution in [3.8, 4) is 5.69 Å². The summed E-state index contributed by atoms with van der Waals surface area (Å²) >= 11 is 5.99. The standard InChI is InChI=1S/C20H19ClN4O/c1-13-18(24-25(23-13)17-5-3-2-4-6-17)20(26)22-19(14-7-8-14)15-9-11-16(21)12-10-15/h2-6,9-12,14,19H,7-8H2,1H3,(H,22,26)/t19-/m0/s1. The Hall–Kier alpha value is -2.66. The molecule has 6 heteroatoms. The fourth-order valence-corrected chi connectivity index (χ4v) is 3.17. The molecule has 1 saturated carbocycles. The number of rotatable bonds is 5. The van der Waals surface area contributed by atoms with Gasteiger partial charge in [-0.15, -0.1) is 5.10 Å². The van der Waals surface area contributed by atoms with Gasteiger partial charge in [-0.05, 0) is 55.5 Å². The molecule has 1 heterocycles. The van der Waals surface area contributed by atoms with Crippen molar-refractivity contribution < 1.29 is 4.79 Å². The topological polar surface area (TPSA) is 59.8 Å². The predicted molar refractivity (Wildman–Crippen MR) is 100 cm³/mol. The van der Waals surface area contributed by atoms with E-state index in [1.165, 1.54) is 4.80 Å². The maximum atomic E-state index is 12.8. The summed E-state index contributed by atoms with van der Waals surface area (Å²) in [6.45, 7) is 1.80. The smallest absolute Gasteiger partial charge is 0.274 e. The molecule has 1 aliphatic rings. The van der Waals surface area contributed by atoms with Crippen molar-refractivity contribution >= 4 is 17.5 Å². The second-order valence-electron chi connectivity index (χ2n) is 6.60. The van der Waals surface area contributed by atoms with Crippen LogP contribution in [0.3, 0.4) is 0 Å². The molecule has 0 radical (unpaired) electrons. The van der Waals surface area contributed by atoms with Crippen molar-refractivity contribution in [2.75, 3.05) is 0 Å². The first-order valence-corrected chi connectivity index (χ1v) is 9.05. The Kier molecular flexibility index (Phi) is 4.47. The van der Waals surface area contributed by atoms with Gasteiger partial charge in [-0.25, -0.2) is 0 Å². The fourth-order valence-electron chi connectivity index (χ4n) is 3.05. The van der Waals surface area contributed by atoms with Crippen molar-refractivity contribution in [1.82, 2.24) is 20.3 Å². The van der Waals surface area contributed by atoms with Crippen molar-refractivity contribution in [3.63, 3.8) is 0 Å². The Bertz CT molecular complexity index is 917. The Morgan fingerprint density at radius 2 is 1.81 bits per heavy atom. The summed E-state index contributed by atoms with van der Waals surface area (Å²) in [5.74, 6) is 0.265. The monoisotopic (exact) mass is 366 g/mol. The molecule has 1 N–H and O–H groups in total. The van der Waals surface area contributed by atoms with E-state index in [0.717, 1.165) is 24.1 Å². The Morgan fingerprint density at radius 3 is 2.46 bits per heavy atom. The molecule has 0 aliphatic heterocycles. The number of hydrogen-bond donors (Lipinski definition) is 1. The largest absolute Gasteiger partial charge is 0.343 e. The van der Waals surface area contributed by atoms with Crippen LogP contribution in [0.4, 0.5) is 0 Å². The number of nitrogens with zero attached hydrogens (tertiary/aromatic N) is 3. The highest BCUT2D eigenvalue weighted by Crippen LogP contribution is 2.41. The van der Waals surface area contributed by atoms with Gasteiger partial charge in [0.1, 0.15) is 0 Å². The number of carbonyl (C=O) groups excluding carboxylic acids is 1. The zero-order valence-electron chi connectivity index (χ0n) is 14.4. The van der Waals surface area contributed by atoms with Gasteiger partial charge in [-0.1, -0.05) is 41.9 Å². The Balaban J connectivity index is 1.57. The number of hydrogen-bond acceptors (Lipinski definition) is 3. The second kappa shape index (κ2) is 6.92. The minimum atomic E-state index is -0.198. The number of nitrogens with one attached hydrogen (secondary N) is 1. The van der Waals surface area contributed by atoms with Crippen LogP contribution in [-0.4, -0.2) is 20.9 Å². The van der Waals surface area contributed by atoms with Crippen LogP contribution >= 0.6 is 11.6 Å². The fraction of sp³-hybridized carbons (Fsp3) is 0.250. The Labute approximate surface area is 157 Å². The summed E-state index contributed by atoms with van der Waals surface area (Å²) in [6.07, 6.45) is 2.23. The normalized spacial score (nSPS) is 14.8. The molecule has 2 aromatic carbocycles. The summed E-state index contributed by atoms with van der Waals surface area (Å²) in [4.78, 5) is 14.3. The molecule has 1 aliphatic carbocycles. The molecule has 5 nitrogen and oxygen atoms in total. The van der Waals surface area contributed by atoms with Gasteiger partial charge < -0.3 is 5.32 Å². The zero-order valence-corrected chi connectivity index (χ0v) is 15.1. The molecule has 132 valence electrons. The molecule has 1 fully saturated rings. The lowest BCUT2D eigenvalue weighted by Crippen LogP contribution is -2.30. The molecule has 0 bridgehead atoms. The van der Waals surface area contributed by atoms with Crippen LogP contribution < -0.4 is 5.32 Å². The van der Waals surface area contributed by atoms with E-state index >= 15 is 0 Å². The van der Waals surface area contributed by atoms with Gasteiger partial charge in [0.05, 0.1) is 17.4 Å². The van der Waals surface area contributed by atoms with E-state index in [9.17, 15) is 4.79 Å². The lowest BCUT2D eigenvalue weighted by atomic mass is 10.0. The van der Waals surface area contributed by atoms with Gasteiger partial charge >= 0.3 is 0 Å². The van der Waals surface area contributed by atoms with Crippen LogP contribution in [0.5, 0.6) is 0 Å². The molecule has 26 heavy (non-hydrogen) atoms. The van der Waals surface area contributed by atoms with Crippen LogP contribution in [0.1, 0.15) is 40.6 Å². The highest BCUT2D eigenvalue weighted by atomic mass is 35.5. The van der Waals surface area contributed by atoms with Crippen molar-refractivity contribution in [3.05, 3.63) is 76.6 Å². The third-order valence-corrected chi connectivity index (χ3v) is 4.85. The summed E-state index contributed by atoms with van der Waals surface area (Å²) in [7, 11) is 0. The maximum Gasteiger partial charge on any atom is 0.274 e. The minimum Gasteiger partial charge on any atom is -0.343 e. The number of para-hydroxylation sites is 1. The average Bonchev–Trinajstić information content (AvgIpc) is 3.42. The van der Waals surface area contributed by atoms with Gasteiger partial charge in [0.25, 0.3) is 5.91 Å². The van der Waals surface area contributed by atoms with E-state index in [0.29, 0.717) is 22.3 Å². The van der Waals surface area contributed by atoms with E-state index in [1.807, 2.05) is 54.6 Å². The van der Waals surface area contributed by atoms with Crippen LogP contribution in [0, 0.1) is 12.8 Å². The van der Waals surface area contributed by atoms with Crippen LogP contribution in [0.2, 0.25) is 5.02 Å². The molecule has 4 rings (SSSR count). The lowest BCUT2D eigenvalue weighted by Gasteiger charge is -2.18. The van der Waals surface area contributed by atoms with Gasteiger partial charge in [0, 0.05) is 5.02 Å². The predicted octanol–water partition coefficient (Wildman–Crippen LogP) is 4.11. The molecule has 0 saturated heterocycles. The molecule has 1 amide bonds. The van der Waals surface area contributed by atoms with Crippen LogP contribution in [-0.2, 0) is 0 Å². The molecule has 0 unspecified atom stereocenters. The van der Waals surface area contributed by atoms with Gasteiger partial charge in [0.15, 0.2) is 5.69 Å². The number of halogens is 1. The molecular formula is C20H19ClN4O. The Morgan fingerprint density at radius 1 is 1.12 bits per heavy atom. The van der Waals surface area contributed by atoms with E-state index in [-0.39, 0.29) is 11.9 Å². The zero-order chi connectivity index (χ0) is 18.1. The maximum absolute atomic E-state index is 12.8. The van der Waals surface area contributed by atoms with Gasteiger partial charge in [-0.3, -0.25) is 4.79 Å². The highest BCUT2D eigenvalue weighted by Gasteiger charge is 2.34. The summed E-state index contributed by atoms with van der Waals surface area (Å²) in [5, 5.41) is 12.6. The second-order valence-corrected chi connectivity index (χ2v) is 7.04. The number of aryl methyl sites for hydroxylation is 1. The highest BCUT2D eigenvalue weighted by molar-refractivity contribution is 6.30. The molecular weight excluding hydrogens is 348 g/mol. The summed E-state index contributed by atoms with van der Waals surface area (Å²) in [5.41, 5.74) is 2.86. The van der Waals surface area contributed by atoms with Crippen molar-refractivity contribution in [1.29, 1.82) is 0 Å². The van der Waals surface area contributed by atoms with Gasteiger partial charge in [-0.2, -0.15) is 9.90 Å². The molecule has 1 aromatic heterocycles. The molecule has 3 aromatic rings. The van der Waals surface area contributed by atoms with Crippen LogP contribution in [0.25, 0.3) is 5.69 Å². The quantitative estimate of drug-likeness (QED) is 0.739. The summed E-state index contributed by atoms with van der Waals surface area (Å²) < 4.78 is 0. The number of aromatic nitrogens is 3. The SMILES string of the molecule is Cc1nn(-c2ccccc2)nc1C(=O)N[C@H](c1ccc(Cl)cc1)C1CC1. The van der Waals surface area contributed by atoms with E-state index < -0.39 is 0 Å². The number of benzene rings is 2. The number of carbonyl (C=O) groups is 1.